The van der Waals surface area contributed by atoms with Crippen molar-refractivity contribution in [3.63, 3.8) is 0 Å². The molecule has 0 atom stereocenters. The van der Waals surface area contributed by atoms with Crippen LogP contribution >= 0.6 is 0 Å². The van der Waals surface area contributed by atoms with Crippen molar-refractivity contribution in [1.29, 1.82) is 0 Å². The molecule has 0 aromatic carbocycles. The largest absolute Gasteiger partial charge is 0.357 e. The minimum atomic E-state index is 0.176. The number of carbonyl (C=O) groups is 1. The molecule has 2 heterocycles. The van der Waals surface area contributed by atoms with E-state index in [1.807, 2.05) is 4.90 Å². The highest BCUT2D eigenvalue weighted by Gasteiger charge is 2.20. The first kappa shape index (κ1) is 20.0. The molecule has 1 N–H and O–H groups in total. The molecular weight excluding hydrogens is 314 g/mol. The number of amides is 1. The Hall–Kier alpha value is -1.30. The lowest BCUT2D eigenvalue weighted by Gasteiger charge is -2.36. The maximum absolute atomic E-state index is 11.4. The Morgan fingerprint density at radius 2 is 1.60 bits per heavy atom. The monoisotopic (exact) mass is 351 g/mol. The minimum absolute atomic E-state index is 0.176. The van der Waals surface area contributed by atoms with E-state index in [-0.39, 0.29) is 5.91 Å². The number of likely N-dealkylation sites (tertiary alicyclic amines) is 1. The summed E-state index contributed by atoms with van der Waals surface area (Å²) < 4.78 is 0. The van der Waals surface area contributed by atoms with Crippen molar-refractivity contribution in [2.24, 2.45) is 4.99 Å². The smallest absolute Gasteiger partial charge is 0.219 e. The lowest BCUT2D eigenvalue weighted by atomic mass is 10.1. The van der Waals surface area contributed by atoms with Crippen LogP contribution in [0.4, 0.5) is 0 Å². The Kier molecular flexibility index (Phi) is 9.08. The van der Waals surface area contributed by atoms with Gasteiger partial charge in [0.1, 0.15) is 0 Å². The van der Waals surface area contributed by atoms with Crippen LogP contribution in [-0.2, 0) is 4.79 Å². The minimum Gasteiger partial charge on any atom is -0.357 e. The molecule has 0 aromatic heterocycles. The molecule has 0 radical (unpaired) electrons. The van der Waals surface area contributed by atoms with Gasteiger partial charge in [-0.05, 0) is 52.2 Å². The molecule has 0 unspecified atom stereocenters. The highest BCUT2D eigenvalue weighted by Crippen LogP contribution is 2.10. The summed E-state index contributed by atoms with van der Waals surface area (Å²) in [4.78, 5) is 23.1. The van der Waals surface area contributed by atoms with Gasteiger partial charge in [0, 0.05) is 46.2 Å². The summed E-state index contributed by atoms with van der Waals surface area (Å²) in [5, 5.41) is 3.40. The number of guanidine groups is 1. The van der Waals surface area contributed by atoms with Gasteiger partial charge in [-0.15, -0.1) is 0 Å². The molecule has 2 rings (SSSR count). The number of hydrogen-bond acceptors (Lipinski definition) is 3. The third-order valence-corrected chi connectivity index (χ3v) is 5.20. The highest BCUT2D eigenvalue weighted by atomic mass is 16.2. The molecule has 0 aromatic rings. The molecule has 2 aliphatic heterocycles. The van der Waals surface area contributed by atoms with Crippen LogP contribution < -0.4 is 5.32 Å². The molecule has 1 amide bonds. The number of hydrogen-bond donors (Lipinski definition) is 1. The Labute approximate surface area is 153 Å². The first-order valence-corrected chi connectivity index (χ1v) is 10.2. The van der Waals surface area contributed by atoms with Crippen LogP contribution in [0.3, 0.4) is 0 Å². The molecule has 6 nitrogen and oxygen atoms in total. The quantitative estimate of drug-likeness (QED) is 0.431. The summed E-state index contributed by atoms with van der Waals surface area (Å²) in [7, 11) is 0. The van der Waals surface area contributed by atoms with Crippen LogP contribution in [0.25, 0.3) is 0 Å². The van der Waals surface area contributed by atoms with E-state index in [0.29, 0.717) is 0 Å². The second kappa shape index (κ2) is 11.3. The predicted octanol–water partition coefficient (Wildman–Crippen LogP) is 1.77. The van der Waals surface area contributed by atoms with E-state index in [1.165, 1.54) is 51.7 Å². The molecule has 6 heteroatoms. The number of nitrogens with zero attached hydrogens (tertiary/aromatic N) is 4. The molecule has 2 fully saturated rings. The van der Waals surface area contributed by atoms with Gasteiger partial charge in [0.05, 0.1) is 0 Å². The van der Waals surface area contributed by atoms with Crippen molar-refractivity contribution in [2.75, 3.05) is 58.9 Å². The average molecular weight is 352 g/mol. The van der Waals surface area contributed by atoms with Gasteiger partial charge in [-0.3, -0.25) is 9.79 Å². The SMILES string of the molecule is CCNC(=NCCCCCN1CCCCC1)N1CCN(C(C)=O)CC1. The van der Waals surface area contributed by atoms with Crippen LogP contribution in [0.1, 0.15) is 52.4 Å². The summed E-state index contributed by atoms with van der Waals surface area (Å²) in [6, 6.07) is 0. The number of nitrogens with one attached hydrogen (secondary N) is 1. The molecular formula is C19H37N5O. The number of rotatable bonds is 7. The summed E-state index contributed by atoms with van der Waals surface area (Å²) in [6.07, 6.45) is 7.90. The number of piperazine rings is 1. The number of carbonyl (C=O) groups excluding carboxylic acids is 1. The molecule has 0 bridgehead atoms. The Bertz CT molecular complexity index is 412. The van der Waals surface area contributed by atoms with Gasteiger partial charge >= 0.3 is 0 Å². The Balaban J connectivity index is 1.64. The van der Waals surface area contributed by atoms with Gasteiger partial charge in [-0.2, -0.15) is 0 Å². The van der Waals surface area contributed by atoms with Crippen molar-refractivity contribution in [3.05, 3.63) is 0 Å². The van der Waals surface area contributed by atoms with E-state index in [2.05, 4.69) is 22.0 Å². The lowest BCUT2D eigenvalue weighted by molar-refractivity contribution is -0.130. The van der Waals surface area contributed by atoms with E-state index < -0.39 is 0 Å². The van der Waals surface area contributed by atoms with Crippen LogP contribution in [-0.4, -0.2) is 85.5 Å². The topological polar surface area (TPSA) is 51.2 Å². The number of unbranched alkanes of at least 4 members (excludes halogenated alkanes) is 2. The molecule has 2 aliphatic rings. The van der Waals surface area contributed by atoms with Crippen LogP contribution in [0, 0.1) is 0 Å². The summed E-state index contributed by atoms with van der Waals surface area (Å²) in [5.41, 5.74) is 0. The molecule has 0 spiro atoms. The molecule has 2 saturated heterocycles. The van der Waals surface area contributed by atoms with E-state index in [9.17, 15) is 4.79 Å². The van der Waals surface area contributed by atoms with Crippen molar-refractivity contribution >= 4 is 11.9 Å². The lowest BCUT2D eigenvalue weighted by Crippen LogP contribution is -2.53. The van der Waals surface area contributed by atoms with E-state index in [0.717, 1.165) is 51.6 Å². The fourth-order valence-corrected chi connectivity index (χ4v) is 3.65. The second-order valence-corrected chi connectivity index (χ2v) is 7.19. The summed E-state index contributed by atoms with van der Waals surface area (Å²) >= 11 is 0. The van der Waals surface area contributed by atoms with Crippen molar-refractivity contribution < 1.29 is 4.79 Å². The number of piperidine rings is 1. The van der Waals surface area contributed by atoms with Crippen LogP contribution in [0.15, 0.2) is 4.99 Å². The highest BCUT2D eigenvalue weighted by molar-refractivity contribution is 5.80. The van der Waals surface area contributed by atoms with Crippen molar-refractivity contribution in [3.8, 4) is 0 Å². The first-order valence-electron chi connectivity index (χ1n) is 10.2. The fraction of sp³-hybridized carbons (Fsp3) is 0.895. The van der Waals surface area contributed by atoms with E-state index in [1.54, 1.807) is 6.92 Å². The number of aliphatic imine (C=N–C) groups is 1. The Morgan fingerprint density at radius 3 is 2.24 bits per heavy atom. The summed E-state index contributed by atoms with van der Waals surface area (Å²) in [5.74, 6) is 1.19. The van der Waals surface area contributed by atoms with Gasteiger partial charge in [0.15, 0.2) is 5.96 Å². The summed E-state index contributed by atoms with van der Waals surface area (Å²) in [6.45, 7) is 12.8. The van der Waals surface area contributed by atoms with Gasteiger partial charge in [0.25, 0.3) is 0 Å². The van der Waals surface area contributed by atoms with Crippen LogP contribution in [0.2, 0.25) is 0 Å². The maximum atomic E-state index is 11.4. The predicted molar refractivity (Wildman–Crippen MR) is 104 cm³/mol. The van der Waals surface area contributed by atoms with E-state index >= 15 is 0 Å². The first-order chi connectivity index (χ1) is 12.2. The third kappa shape index (κ3) is 7.22. The fourth-order valence-electron chi connectivity index (χ4n) is 3.65. The van der Waals surface area contributed by atoms with Gasteiger partial charge in [0.2, 0.25) is 5.91 Å². The van der Waals surface area contributed by atoms with Gasteiger partial charge < -0.3 is 20.0 Å². The standard InChI is InChI=1S/C19H37N5O/c1-3-20-19(24-16-14-23(15-17-24)18(2)25)21-10-6-4-7-11-22-12-8-5-9-13-22/h3-17H2,1-2H3,(H,20,21). The normalized spacial score (nSPS) is 20.0. The molecule has 25 heavy (non-hydrogen) atoms. The molecule has 0 saturated carbocycles. The third-order valence-electron chi connectivity index (χ3n) is 5.20. The van der Waals surface area contributed by atoms with Gasteiger partial charge in [-0.1, -0.05) is 12.8 Å². The zero-order valence-electron chi connectivity index (χ0n) is 16.3. The van der Waals surface area contributed by atoms with Crippen LogP contribution in [0.5, 0.6) is 0 Å². The zero-order valence-corrected chi connectivity index (χ0v) is 16.3. The Morgan fingerprint density at radius 1 is 0.920 bits per heavy atom. The van der Waals surface area contributed by atoms with Gasteiger partial charge in [-0.25, -0.2) is 0 Å². The molecule has 144 valence electrons. The average Bonchev–Trinajstić information content (AvgIpc) is 2.64. The maximum Gasteiger partial charge on any atom is 0.219 e. The molecule has 0 aliphatic carbocycles. The van der Waals surface area contributed by atoms with Crippen molar-refractivity contribution in [2.45, 2.75) is 52.4 Å². The van der Waals surface area contributed by atoms with Crippen molar-refractivity contribution in [1.82, 2.24) is 20.0 Å². The second-order valence-electron chi connectivity index (χ2n) is 7.19. The zero-order chi connectivity index (χ0) is 17.9. The van der Waals surface area contributed by atoms with E-state index in [4.69, 9.17) is 4.99 Å².